The van der Waals surface area contributed by atoms with E-state index in [9.17, 15) is 14.7 Å². The Morgan fingerprint density at radius 3 is 2.54 bits per heavy atom. The predicted octanol–water partition coefficient (Wildman–Crippen LogP) is 4.49. The van der Waals surface area contributed by atoms with Crippen molar-refractivity contribution >= 4 is 11.8 Å². The standard InChI is InChI=1S/C23H30O5/c1-5-9-19-12-18(13-20(24)15(2)3)23(21(28-19)14-22(25)26)27-16(4)17-10-7-6-8-11-17/h5-8,10-11,13,15-16,19,21,23H,1,9,12,14H2,2-4H3,(H,25,26)/b18-13+/t16-,19-,21-,23-/m1/s1. The summed E-state index contributed by atoms with van der Waals surface area (Å²) in [6.07, 6.45) is 2.58. The third kappa shape index (κ3) is 6.14. The first-order chi connectivity index (χ1) is 13.3. The number of carboxylic acid groups (broad SMARTS) is 1. The molecule has 1 aromatic carbocycles. The zero-order valence-corrected chi connectivity index (χ0v) is 16.8. The maximum atomic E-state index is 12.4. The van der Waals surface area contributed by atoms with Crippen LogP contribution in [0.4, 0.5) is 0 Å². The summed E-state index contributed by atoms with van der Waals surface area (Å²) in [6.45, 7) is 9.36. The zero-order valence-electron chi connectivity index (χ0n) is 16.8. The summed E-state index contributed by atoms with van der Waals surface area (Å²) in [5.74, 6) is -1.10. The van der Waals surface area contributed by atoms with Crippen LogP contribution in [-0.4, -0.2) is 35.2 Å². The Labute approximate surface area is 167 Å². The summed E-state index contributed by atoms with van der Waals surface area (Å²) < 4.78 is 12.3. The molecule has 0 aliphatic carbocycles. The molecule has 5 heteroatoms. The fourth-order valence-electron chi connectivity index (χ4n) is 3.32. The van der Waals surface area contributed by atoms with E-state index in [1.165, 1.54) is 0 Å². The highest BCUT2D eigenvalue weighted by atomic mass is 16.6. The summed E-state index contributed by atoms with van der Waals surface area (Å²) >= 11 is 0. The lowest BCUT2D eigenvalue weighted by Crippen LogP contribution is -2.44. The second-order valence-electron chi connectivity index (χ2n) is 7.51. The van der Waals surface area contributed by atoms with Gasteiger partial charge in [0.2, 0.25) is 0 Å². The quantitative estimate of drug-likeness (QED) is 0.500. The molecular weight excluding hydrogens is 356 g/mol. The molecule has 0 bridgehead atoms. The Morgan fingerprint density at radius 2 is 1.96 bits per heavy atom. The van der Waals surface area contributed by atoms with Gasteiger partial charge in [0.25, 0.3) is 0 Å². The van der Waals surface area contributed by atoms with Crippen LogP contribution in [0.2, 0.25) is 0 Å². The molecule has 152 valence electrons. The average Bonchev–Trinajstić information content (AvgIpc) is 2.64. The van der Waals surface area contributed by atoms with Crippen LogP contribution < -0.4 is 0 Å². The second kappa shape index (κ2) is 10.3. The number of hydrogen-bond acceptors (Lipinski definition) is 4. The van der Waals surface area contributed by atoms with E-state index in [-0.39, 0.29) is 30.3 Å². The molecule has 0 spiro atoms. The summed E-state index contributed by atoms with van der Waals surface area (Å²) in [7, 11) is 0. The molecule has 28 heavy (non-hydrogen) atoms. The third-order valence-corrected chi connectivity index (χ3v) is 4.86. The Kier molecular flexibility index (Phi) is 8.15. The lowest BCUT2D eigenvalue weighted by atomic mass is 9.89. The second-order valence-corrected chi connectivity index (χ2v) is 7.51. The number of rotatable bonds is 9. The van der Waals surface area contributed by atoms with Gasteiger partial charge in [0.15, 0.2) is 5.78 Å². The normalized spacial score (nSPS) is 24.9. The van der Waals surface area contributed by atoms with E-state index in [0.717, 1.165) is 11.1 Å². The minimum atomic E-state index is -0.959. The van der Waals surface area contributed by atoms with Gasteiger partial charge in [-0.15, -0.1) is 6.58 Å². The molecule has 5 nitrogen and oxygen atoms in total. The van der Waals surface area contributed by atoms with E-state index in [0.29, 0.717) is 12.8 Å². The van der Waals surface area contributed by atoms with Gasteiger partial charge in [0, 0.05) is 5.92 Å². The molecule has 4 atom stereocenters. The molecule has 1 saturated heterocycles. The number of benzene rings is 1. The van der Waals surface area contributed by atoms with E-state index in [1.54, 1.807) is 12.2 Å². The highest BCUT2D eigenvalue weighted by molar-refractivity contribution is 5.92. The number of carbonyl (C=O) groups excluding carboxylic acids is 1. The van der Waals surface area contributed by atoms with Gasteiger partial charge in [-0.2, -0.15) is 0 Å². The molecule has 1 aromatic rings. The van der Waals surface area contributed by atoms with Crippen LogP contribution in [0.15, 0.2) is 54.6 Å². The first kappa shape index (κ1) is 22.1. The fourth-order valence-corrected chi connectivity index (χ4v) is 3.32. The van der Waals surface area contributed by atoms with Crippen LogP contribution in [0.1, 0.15) is 51.7 Å². The van der Waals surface area contributed by atoms with Gasteiger partial charge >= 0.3 is 5.97 Å². The molecule has 0 aromatic heterocycles. The van der Waals surface area contributed by atoms with Crippen LogP contribution in [0.3, 0.4) is 0 Å². The van der Waals surface area contributed by atoms with Crippen molar-refractivity contribution in [2.24, 2.45) is 5.92 Å². The van der Waals surface area contributed by atoms with Gasteiger partial charge in [0.1, 0.15) is 6.10 Å². The topological polar surface area (TPSA) is 72.8 Å². The molecule has 0 saturated carbocycles. The largest absolute Gasteiger partial charge is 0.481 e. The van der Waals surface area contributed by atoms with Crippen molar-refractivity contribution in [2.75, 3.05) is 0 Å². The predicted molar refractivity (Wildman–Crippen MR) is 108 cm³/mol. The minimum Gasteiger partial charge on any atom is -0.481 e. The molecule has 1 aliphatic rings. The smallest absolute Gasteiger partial charge is 0.306 e. The molecular formula is C23H30O5. The maximum absolute atomic E-state index is 12.4. The Bertz CT molecular complexity index is 707. The van der Waals surface area contributed by atoms with E-state index >= 15 is 0 Å². The van der Waals surface area contributed by atoms with E-state index < -0.39 is 18.2 Å². The van der Waals surface area contributed by atoms with Crippen LogP contribution >= 0.6 is 0 Å². The van der Waals surface area contributed by atoms with Crippen molar-refractivity contribution in [3.05, 3.63) is 60.2 Å². The van der Waals surface area contributed by atoms with E-state index in [4.69, 9.17) is 9.47 Å². The molecule has 2 rings (SSSR count). The zero-order chi connectivity index (χ0) is 20.7. The number of hydrogen-bond donors (Lipinski definition) is 1. The van der Waals surface area contributed by atoms with E-state index in [1.807, 2.05) is 51.1 Å². The fraction of sp³-hybridized carbons (Fsp3) is 0.478. The van der Waals surface area contributed by atoms with Crippen molar-refractivity contribution in [2.45, 2.75) is 64.4 Å². The van der Waals surface area contributed by atoms with Gasteiger partial charge in [-0.25, -0.2) is 0 Å². The van der Waals surface area contributed by atoms with Gasteiger partial charge in [-0.05, 0) is 37.0 Å². The van der Waals surface area contributed by atoms with Crippen molar-refractivity contribution < 1.29 is 24.2 Å². The van der Waals surface area contributed by atoms with E-state index in [2.05, 4.69) is 6.58 Å². The number of carboxylic acids is 1. The molecule has 0 radical (unpaired) electrons. The number of ketones is 1. The lowest BCUT2D eigenvalue weighted by Gasteiger charge is -2.39. The molecule has 0 unspecified atom stereocenters. The molecule has 1 fully saturated rings. The Balaban J connectivity index is 2.34. The summed E-state index contributed by atoms with van der Waals surface area (Å²) in [4.78, 5) is 23.8. The highest BCUT2D eigenvalue weighted by Crippen LogP contribution is 2.34. The Morgan fingerprint density at radius 1 is 1.29 bits per heavy atom. The van der Waals surface area contributed by atoms with Crippen molar-refractivity contribution in [3.8, 4) is 0 Å². The van der Waals surface area contributed by atoms with Gasteiger partial charge in [-0.1, -0.05) is 50.3 Å². The highest BCUT2D eigenvalue weighted by Gasteiger charge is 2.38. The van der Waals surface area contributed by atoms with Crippen LogP contribution in [0, 0.1) is 5.92 Å². The van der Waals surface area contributed by atoms with Gasteiger partial charge < -0.3 is 14.6 Å². The van der Waals surface area contributed by atoms with Crippen LogP contribution in [0.5, 0.6) is 0 Å². The molecule has 1 aliphatic heterocycles. The lowest BCUT2D eigenvalue weighted by molar-refractivity contribution is -0.156. The average molecular weight is 386 g/mol. The SMILES string of the molecule is C=CC[C@@H]1C/C(=C\C(=O)C(C)C)[C@@H](O[C@H](C)c2ccccc2)[C@@H](CC(=O)O)O1. The van der Waals surface area contributed by atoms with Gasteiger partial charge in [0.05, 0.1) is 24.7 Å². The van der Waals surface area contributed by atoms with Crippen LogP contribution in [-0.2, 0) is 19.1 Å². The summed E-state index contributed by atoms with van der Waals surface area (Å²) in [5.41, 5.74) is 1.78. The Hall–Kier alpha value is -2.24. The third-order valence-electron chi connectivity index (χ3n) is 4.86. The number of aliphatic carboxylic acids is 1. The monoisotopic (exact) mass is 386 g/mol. The van der Waals surface area contributed by atoms with Crippen LogP contribution in [0.25, 0.3) is 0 Å². The summed E-state index contributed by atoms with van der Waals surface area (Å²) in [5, 5.41) is 9.37. The molecule has 1 N–H and O–H groups in total. The molecule has 0 amide bonds. The van der Waals surface area contributed by atoms with Crippen molar-refractivity contribution in [1.82, 2.24) is 0 Å². The van der Waals surface area contributed by atoms with Crippen molar-refractivity contribution in [1.29, 1.82) is 0 Å². The molecule has 1 heterocycles. The number of ether oxygens (including phenoxy) is 2. The summed E-state index contributed by atoms with van der Waals surface area (Å²) in [6, 6.07) is 9.72. The van der Waals surface area contributed by atoms with Gasteiger partial charge in [-0.3, -0.25) is 9.59 Å². The first-order valence-corrected chi connectivity index (χ1v) is 9.74. The number of carbonyl (C=O) groups is 2. The number of allylic oxidation sites excluding steroid dienone is 1. The maximum Gasteiger partial charge on any atom is 0.306 e. The minimum absolute atomic E-state index is 0.00397. The van der Waals surface area contributed by atoms with Crippen molar-refractivity contribution in [3.63, 3.8) is 0 Å². The first-order valence-electron chi connectivity index (χ1n) is 9.74.